The summed E-state index contributed by atoms with van der Waals surface area (Å²) in [7, 11) is 0. The summed E-state index contributed by atoms with van der Waals surface area (Å²) < 4.78 is 5.34. The largest absolute Gasteiger partial charge is 0.445 e. The number of nitrogens with zero attached hydrogens (tertiary/aromatic N) is 1. The maximum atomic E-state index is 12.2. The van der Waals surface area contributed by atoms with Crippen molar-refractivity contribution in [3.05, 3.63) is 69.7 Å². The molecule has 0 radical (unpaired) electrons. The molecule has 2 aromatic carbocycles. The highest BCUT2D eigenvalue weighted by Crippen LogP contribution is 2.36. The van der Waals surface area contributed by atoms with Gasteiger partial charge in [-0.1, -0.05) is 59.6 Å². The Morgan fingerprint density at radius 1 is 1.08 bits per heavy atom. The predicted octanol–water partition coefficient (Wildman–Crippen LogP) is 4.61. The Morgan fingerprint density at radius 2 is 1.76 bits per heavy atom. The van der Waals surface area contributed by atoms with Crippen LogP contribution >= 0.6 is 23.2 Å². The quantitative estimate of drug-likeness (QED) is 0.846. The number of ether oxygens (including phenoxy) is 1. The standard InChI is InChI=1S/C19H19Cl2NO3/c20-16-7-6-15(12-17(16)21)19(24)8-10-22(11-9-19)18(23)25-13-14-4-2-1-3-5-14/h1-7,12,24H,8-11,13H2. The molecule has 132 valence electrons. The molecular weight excluding hydrogens is 361 g/mol. The summed E-state index contributed by atoms with van der Waals surface area (Å²) in [6.45, 7) is 1.09. The van der Waals surface area contributed by atoms with E-state index < -0.39 is 5.60 Å². The second kappa shape index (κ2) is 7.65. The number of benzene rings is 2. The molecule has 0 bridgehead atoms. The fourth-order valence-corrected chi connectivity index (χ4v) is 3.24. The highest BCUT2D eigenvalue weighted by molar-refractivity contribution is 6.42. The lowest BCUT2D eigenvalue weighted by atomic mass is 9.84. The van der Waals surface area contributed by atoms with Gasteiger partial charge in [0.25, 0.3) is 0 Å². The third kappa shape index (κ3) is 4.27. The van der Waals surface area contributed by atoms with Crippen LogP contribution < -0.4 is 0 Å². The van der Waals surface area contributed by atoms with E-state index in [4.69, 9.17) is 27.9 Å². The Kier molecular flexibility index (Phi) is 5.52. The molecule has 0 atom stereocenters. The smallest absolute Gasteiger partial charge is 0.410 e. The van der Waals surface area contributed by atoms with Crippen LogP contribution in [0.4, 0.5) is 4.79 Å². The first-order valence-corrected chi connectivity index (χ1v) is 8.87. The number of hydrogen-bond donors (Lipinski definition) is 1. The van der Waals surface area contributed by atoms with Crippen LogP contribution in [0.25, 0.3) is 0 Å². The molecule has 25 heavy (non-hydrogen) atoms. The second-order valence-corrected chi connectivity index (χ2v) is 7.00. The Bertz CT molecular complexity index is 744. The predicted molar refractivity (Wildman–Crippen MR) is 97.8 cm³/mol. The van der Waals surface area contributed by atoms with E-state index >= 15 is 0 Å². The van der Waals surface area contributed by atoms with Crippen LogP contribution in [0.15, 0.2) is 48.5 Å². The van der Waals surface area contributed by atoms with Gasteiger partial charge in [-0.3, -0.25) is 0 Å². The molecule has 1 aliphatic heterocycles. The molecule has 3 rings (SSSR count). The van der Waals surface area contributed by atoms with E-state index in [9.17, 15) is 9.90 Å². The lowest BCUT2D eigenvalue weighted by Crippen LogP contribution is -2.45. The summed E-state index contributed by atoms with van der Waals surface area (Å²) in [4.78, 5) is 13.8. The summed E-state index contributed by atoms with van der Waals surface area (Å²) in [5.74, 6) is 0. The van der Waals surface area contributed by atoms with Crippen molar-refractivity contribution in [3.63, 3.8) is 0 Å². The van der Waals surface area contributed by atoms with Crippen molar-refractivity contribution in [2.24, 2.45) is 0 Å². The molecule has 1 aliphatic rings. The van der Waals surface area contributed by atoms with E-state index in [2.05, 4.69) is 0 Å². The molecule has 1 saturated heterocycles. The zero-order valence-electron chi connectivity index (χ0n) is 13.6. The second-order valence-electron chi connectivity index (χ2n) is 6.19. The third-order valence-electron chi connectivity index (χ3n) is 4.51. The average Bonchev–Trinajstić information content (AvgIpc) is 2.63. The molecule has 6 heteroatoms. The van der Waals surface area contributed by atoms with Gasteiger partial charge >= 0.3 is 6.09 Å². The average molecular weight is 380 g/mol. The highest BCUT2D eigenvalue weighted by Gasteiger charge is 2.36. The molecule has 1 heterocycles. The number of rotatable bonds is 3. The number of amides is 1. The van der Waals surface area contributed by atoms with Crippen molar-refractivity contribution in [3.8, 4) is 0 Å². The van der Waals surface area contributed by atoms with E-state index in [0.717, 1.165) is 11.1 Å². The van der Waals surface area contributed by atoms with Gasteiger partial charge in [-0.25, -0.2) is 4.79 Å². The minimum Gasteiger partial charge on any atom is -0.445 e. The van der Waals surface area contributed by atoms with Gasteiger partial charge in [-0.15, -0.1) is 0 Å². The normalized spacial score (nSPS) is 16.5. The van der Waals surface area contributed by atoms with Gasteiger partial charge in [-0.2, -0.15) is 0 Å². The van der Waals surface area contributed by atoms with E-state index in [1.165, 1.54) is 0 Å². The molecule has 1 amide bonds. The number of piperidine rings is 1. The highest BCUT2D eigenvalue weighted by atomic mass is 35.5. The van der Waals surface area contributed by atoms with E-state index in [-0.39, 0.29) is 12.7 Å². The monoisotopic (exact) mass is 379 g/mol. The van der Waals surface area contributed by atoms with Crippen LogP contribution in [0.1, 0.15) is 24.0 Å². The third-order valence-corrected chi connectivity index (χ3v) is 5.25. The van der Waals surface area contributed by atoms with Gasteiger partial charge in [0.1, 0.15) is 6.61 Å². The molecule has 0 spiro atoms. The van der Waals surface area contributed by atoms with Crippen molar-refractivity contribution in [2.45, 2.75) is 25.0 Å². The number of halogens is 2. The Labute approximate surface area is 156 Å². The molecule has 1 N–H and O–H groups in total. The van der Waals surface area contributed by atoms with Crippen molar-refractivity contribution in [1.82, 2.24) is 4.90 Å². The van der Waals surface area contributed by atoms with Crippen LogP contribution in [0.5, 0.6) is 0 Å². The SMILES string of the molecule is O=C(OCc1ccccc1)N1CCC(O)(c2ccc(Cl)c(Cl)c2)CC1. The first kappa shape index (κ1) is 18.1. The number of hydrogen-bond acceptors (Lipinski definition) is 3. The van der Waals surface area contributed by atoms with Crippen LogP contribution in [0.3, 0.4) is 0 Å². The van der Waals surface area contributed by atoms with Crippen LogP contribution in [-0.2, 0) is 16.9 Å². The number of carbonyl (C=O) groups excluding carboxylic acids is 1. The van der Waals surface area contributed by atoms with E-state index in [1.807, 2.05) is 30.3 Å². The lowest BCUT2D eigenvalue weighted by molar-refractivity contribution is -0.0255. The summed E-state index contributed by atoms with van der Waals surface area (Å²) in [5.41, 5.74) is 0.657. The van der Waals surface area contributed by atoms with Crippen LogP contribution in [0, 0.1) is 0 Å². The first-order chi connectivity index (χ1) is 12.0. The summed E-state index contributed by atoms with van der Waals surface area (Å²) in [5, 5.41) is 11.8. The van der Waals surface area contributed by atoms with Gasteiger partial charge in [0.05, 0.1) is 15.6 Å². The fraction of sp³-hybridized carbons (Fsp3) is 0.316. The van der Waals surface area contributed by atoms with Crippen molar-refractivity contribution < 1.29 is 14.6 Å². The van der Waals surface area contributed by atoms with Crippen LogP contribution in [-0.4, -0.2) is 29.2 Å². The Balaban J connectivity index is 1.57. The van der Waals surface area contributed by atoms with E-state index in [1.54, 1.807) is 23.1 Å². The number of aliphatic hydroxyl groups is 1. The van der Waals surface area contributed by atoms with Crippen LogP contribution in [0.2, 0.25) is 10.0 Å². The number of likely N-dealkylation sites (tertiary alicyclic amines) is 1. The Morgan fingerprint density at radius 3 is 2.40 bits per heavy atom. The maximum Gasteiger partial charge on any atom is 0.410 e. The summed E-state index contributed by atoms with van der Waals surface area (Å²) in [6, 6.07) is 14.7. The first-order valence-electron chi connectivity index (χ1n) is 8.11. The molecule has 0 unspecified atom stereocenters. The van der Waals surface area contributed by atoms with Gasteiger partial charge in [0.15, 0.2) is 0 Å². The zero-order chi connectivity index (χ0) is 17.9. The van der Waals surface area contributed by atoms with Crippen molar-refractivity contribution >= 4 is 29.3 Å². The molecular formula is C19H19Cl2NO3. The fourth-order valence-electron chi connectivity index (χ4n) is 2.94. The summed E-state index contributed by atoms with van der Waals surface area (Å²) >= 11 is 12.0. The molecule has 0 aromatic heterocycles. The minimum absolute atomic E-state index is 0.243. The molecule has 0 saturated carbocycles. The molecule has 1 fully saturated rings. The number of carbonyl (C=O) groups is 1. The minimum atomic E-state index is -1.01. The van der Waals surface area contributed by atoms with Gasteiger partial charge < -0.3 is 14.7 Å². The lowest BCUT2D eigenvalue weighted by Gasteiger charge is -2.38. The van der Waals surface area contributed by atoms with E-state index in [0.29, 0.717) is 36.0 Å². The van der Waals surface area contributed by atoms with Gasteiger partial charge in [-0.05, 0) is 36.1 Å². The van der Waals surface area contributed by atoms with Gasteiger partial charge in [0, 0.05) is 13.1 Å². The maximum absolute atomic E-state index is 12.2. The van der Waals surface area contributed by atoms with Crippen molar-refractivity contribution in [1.29, 1.82) is 0 Å². The molecule has 4 nitrogen and oxygen atoms in total. The Hall–Kier alpha value is -1.75. The van der Waals surface area contributed by atoms with Crippen molar-refractivity contribution in [2.75, 3.05) is 13.1 Å². The van der Waals surface area contributed by atoms with Gasteiger partial charge in [0.2, 0.25) is 0 Å². The summed E-state index contributed by atoms with van der Waals surface area (Å²) in [6.07, 6.45) is 0.483. The zero-order valence-corrected chi connectivity index (χ0v) is 15.1. The molecule has 0 aliphatic carbocycles. The molecule has 2 aromatic rings. The topological polar surface area (TPSA) is 49.8 Å².